The van der Waals surface area contributed by atoms with Gasteiger partial charge in [-0.2, -0.15) is 0 Å². The van der Waals surface area contributed by atoms with Gasteiger partial charge in [0.15, 0.2) is 8.32 Å². The molecule has 0 spiro atoms. The zero-order valence-electron chi connectivity index (χ0n) is 24.2. The van der Waals surface area contributed by atoms with Crippen molar-refractivity contribution >= 4 is 20.1 Å². The quantitative estimate of drug-likeness (QED) is 0.125. The van der Waals surface area contributed by atoms with E-state index in [1.807, 2.05) is 0 Å². The number of ether oxygens (including phenoxy) is 1. The highest BCUT2D eigenvalue weighted by atomic mass is 28.4. The Morgan fingerprint density at radius 2 is 1.73 bits per heavy atom. The van der Waals surface area contributed by atoms with Gasteiger partial charge in [-0.3, -0.25) is 9.59 Å². The number of ketones is 1. The molecule has 0 aromatic heterocycles. The molecule has 37 heavy (non-hydrogen) atoms. The van der Waals surface area contributed by atoms with E-state index in [1.165, 1.54) is 50.3 Å². The average Bonchev–Trinajstić information content (AvgIpc) is 3.24. The Balaban J connectivity index is 1.70. The summed E-state index contributed by atoms with van der Waals surface area (Å²) in [6.07, 6.45) is 15.4. The van der Waals surface area contributed by atoms with E-state index >= 15 is 0 Å². The van der Waals surface area contributed by atoms with Crippen molar-refractivity contribution in [3.05, 3.63) is 47.5 Å². The number of carbonyl (C=O) groups excluding carboxylic acids is 2. The number of carbonyl (C=O) groups is 2. The molecule has 2 aliphatic carbocycles. The first kappa shape index (κ1) is 29.8. The van der Waals surface area contributed by atoms with Crippen molar-refractivity contribution in [3.8, 4) is 0 Å². The molecule has 1 aromatic carbocycles. The Kier molecular flexibility index (Phi) is 10.8. The third kappa shape index (κ3) is 8.13. The van der Waals surface area contributed by atoms with E-state index in [1.54, 1.807) is 0 Å². The van der Waals surface area contributed by atoms with Crippen LogP contribution in [0.3, 0.4) is 0 Å². The number of hydrogen-bond donors (Lipinski definition) is 0. The van der Waals surface area contributed by atoms with Gasteiger partial charge < -0.3 is 9.16 Å². The zero-order chi connectivity index (χ0) is 27.1. The summed E-state index contributed by atoms with van der Waals surface area (Å²) >= 11 is 0. The van der Waals surface area contributed by atoms with E-state index in [4.69, 9.17) is 9.16 Å². The van der Waals surface area contributed by atoms with Crippen LogP contribution < -0.4 is 0 Å². The predicted molar refractivity (Wildman–Crippen MR) is 154 cm³/mol. The summed E-state index contributed by atoms with van der Waals surface area (Å²) in [6.45, 7) is 11.7. The number of benzene rings is 1. The van der Waals surface area contributed by atoms with Gasteiger partial charge in [-0.25, -0.2) is 0 Å². The maximum atomic E-state index is 12.7. The second kappa shape index (κ2) is 13.4. The number of allylic oxidation sites excluding steroid dienone is 2. The molecule has 2 fully saturated rings. The molecular weight excluding hydrogens is 476 g/mol. The van der Waals surface area contributed by atoms with Crippen LogP contribution >= 0.6 is 0 Å². The largest absolute Gasteiger partial charge is 0.469 e. The van der Waals surface area contributed by atoms with Crippen molar-refractivity contribution in [2.24, 2.45) is 11.8 Å². The van der Waals surface area contributed by atoms with Crippen LogP contribution in [0.2, 0.25) is 18.1 Å². The van der Waals surface area contributed by atoms with E-state index in [9.17, 15) is 9.59 Å². The summed E-state index contributed by atoms with van der Waals surface area (Å²) in [5.74, 6) is 1.16. The summed E-state index contributed by atoms with van der Waals surface area (Å²) in [5.41, 5.74) is 2.60. The minimum absolute atomic E-state index is 0.0559. The van der Waals surface area contributed by atoms with Crippen molar-refractivity contribution in [2.75, 3.05) is 7.11 Å². The lowest BCUT2D eigenvalue weighted by molar-refractivity contribution is -0.140. The fourth-order valence-electron chi connectivity index (χ4n) is 5.73. The van der Waals surface area contributed by atoms with Gasteiger partial charge in [0.05, 0.1) is 13.2 Å². The Hall–Kier alpha value is -1.72. The molecule has 1 unspecified atom stereocenters. The Labute approximate surface area is 226 Å². The molecule has 0 N–H and O–H groups in total. The standard InChI is InChI=1S/C32H50O4Si/c1-32(2,3)37(5,6)36-31(25-14-10-9-11-15-25)26-20-18-24(19-21-26)27-22-23-29(33)28(27)16-12-7-8-13-17-30(34)35-4/h7,12,18-21,25,27-28,31H,8-11,13-17,22-23H2,1-6H3/b12-7-/t27-,28-,31?/m1/s1. The molecule has 1 aromatic rings. The Morgan fingerprint density at radius 3 is 2.35 bits per heavy atom. The number of hydrogen-bond acceptors (Lipinski definition) is 4. The smallest absolute Gasteiger partial charge is 0.305 e. The van der Waals surface area contributed by atoms with Crippen LogP contribution in [-0.2, 0) is 18.8 Å². The first-order valence-corrected chi connectivity index (χ1v) is 17.5. The van der Waals surface area contributed by atoms with Gasteiger partial charge in [0.2, 0.25) is 0 Å². The van der Waals surface area contributed by atoms with Crippen LogP contribution in [0.25, 0.3) is 0 Å². The SMILES string of the molecule is COC(=O)CCC/C=C\C[C@H]1C(=O)CC[C@@H]1c1ccc(C(O[Si](C)(C)C(C)(C)C)C2CCCCC2)cc1. The molecule has 0 bridgehead atoms. The highest BCUT2D eigenvalue weighted by Crippen LogP contribution is 2.45. The van der Waals surface area contributed by atoms with Crippen LogP contribution in [-0.4, -0.2) is 27.2 Å². The molecule has 2 aliphatic rings. The third-order valence-corrected chi connectivity index (χ3v) is 13.6. The summed E-state index contributed by atoms with van der Waals surface area (Å²) in [7, 11) is -0.481. The molecule has 0 aliphatic heterocycles. The van der Waals surface area contributed by atoms with Crippen LogP contribution in [0.4, 0.5) is 0 Å². The number of Topliss-reactive ketones (excluding diaryl/α,β-unsaturated/α-hetero) is 1. The molecule has 4 nitrogen and oxygen atoms in total. The van der Waals surface area contributed by atoms with Crippen molar-refractivity contribution < 1.29 is 18.8 Å². The number of unbranched alkanes of at least 4 members (excludes halogenated alkanes) is 1. The lowest BCUT2D eigenvalue weighted by atomic mass is 9.81. The molecule has 0 heterocycles. The molecule has 3 rings (SSSR count). The molecule has 2 saturated carbocycles. The predicted octanol–water partition coefficient (Wildman–Crippen LogP) is 8.68. The lowest BCUT2D eigenvalue weighted by Gasteiger charge is -2.42. The van der Waals surface area contributed by atoms with Crippen LogP contribution in [0.15, 0.2) is 36.4 Å². The van der Waals surface area contributed by atoms with Gasteiger partial charge in [0.1, 0.15) is 5.78 Å². The average molecular weight is 527 g/mol. The van der Waals surface area contributed by atoms with Crippen LogP contribution in [0, 0.1) is 11.8 Å². The number of esters is 1. The second-order valence-electron chi connectivity index (χ2n) is 12.8. The lowest BCUT2D eigenvalue weighted by Crippen LogP contribution is -2.43. The summed E-state index contributed by atoms with van der Waals surface area (Å²) in [5, 5.41) is 0.185. The van der Waals surface area contributed by atoms with Crippen LogP contribution in [0.1, 0.15) is 115 Å². The summed E-state index contributed by atoms with van der Waals surface area (Å²) < 4.78 is 11.8. The van der Waals surface area contributed by atoms with E-state index in [2.05, 4.69) is 70.3 Å². The van der Waals surface area contributed by atoms with E-state index in [0.29, 0.717) is 24.5 Å². The van der Waals surface area contributed by atoms with Gasteiger partial charge in [-0.1, -0.05) is 76.5 Å². The third-order valence-electron chi connectivity index (χ3n) is 9.14. The summed E-state index contributed by atoms with van der Waals surface area (Å²) in [6, 6.07) is 9.14. The highest BCUT2D eigenvalue weighted by Gasteiger charge is 2.41. The Bertz CT molecular complexity index is 906. The van der Waals surface area contributed by atoms with Crippen molar-refractivity contribution in [1.82, 2.24) is 0 Å². The first-order chi connectivity index (χ1) is 17.5. The fourth-order valence-corrected chi connectivity index (χ4v) is 7.05. The molecule has 5 heteroatoms. The van der Waals surface area contributed by atoms with Crippen LogP contribution in [0.5, 0.6) is 0 Å². The van der Waals surface area contributed by atoms with E-state index < -0.39 is 8.32 Å². The van der Waals surface area contributed by atoms with E-state index in [-0.39, 0.29) is 28.9 Å². The minimum atomic E-state index is -1.91. The van der Waals surface area contributed by atoms with Crippen molar-refractivity contribution in [1.29, 1.82) is 0 Å². The van der Waals surface area contributed by atoms with Gasteiger partial charge in [-0.05, 0) is 79.6 Å². The van der Waals surface area contributed by atoms with Crippen molar-refractivity contribution in [3.63, 3.8) is 0 Å². The second-order valence-corrected chi connectivity index (χ2v) is 17.5. The molecule has 206 valence electrons. The summed E-state index contributed by atoms with van der Waals surface area (Å²) in [4.78, 5) is 24.0. The maximum Gasteiger partial charge on any atom is 0.305 e. The fraction of sp³-hybridized carbons (Fsp3) is 0.688. The first-order valence-electron chi connectivity index (χ1n) is 14.6. The van der Waals surface area contributed by atoms with E-state index in [0.717, 1.165) is 25.7 Å². The monoisotopic (exact) mass is 526 g/mol. The zero-order valence-corrected chi connectivity index (χ0v) is 25.2. The molecular formula is C32H50O4Si. The van der Waals surface area contributed by atoms with Gasteiger partial charge in [0, 0.05) is 18.8 Å². The van der Waals surface area contributed by atoms with Gasteiger partial charge in [-0.15, -0.1) is 0 Å². The number of methoxy groups -OCH3 is 1. The molecule has 3 atom stereocenters. The molecule has 0 radical (unpaired) electrons. The Morgan fingerprint density at radius 1 is 1.05 bits per heavy atom. The van der Waals surface area contributed by atoms with Gasteiger partial charge in [0.25, 0.3) is 0 Å². The topological polar surface area (TPSA) is 52.6 Å². The maximum absolute atomic E-state index is 12.7. The highest BCUT2D eigenvalue weighted by molar-refractivity contribution is 6.74. The number of rotatable bonds is 11. The molecule has 0 saturated heterocycles. The van der Waals surface area contributed by atoms with Crippen molar-refractivity contribution in [2.45, 2.75) is 122 Å². The minimum Gasteiger partial charge on any atom is -0.469 e. The van der Waals surface area contributed by atoms with Gasteiger partial charge >= 0.3 is 5.97 Å². The molecule has 0 amide bonds. The normalized spacial score (nSPS) is 22.5.